The number of carbonyl (C=O) groups excluding carboxylic acids is 1. The molecule has 0 saturated carbocycles. The first kappa shape index (κ1) is 21.4. The van der Waals surface area contributed by atoms with Crippen LogP contribution in [0.25, 0.3) is 11.0 Å². The van der Waals surface area contributed by atoms with Gasteiger partial charge in [-0.2, -0.15) is 0 Å². The summed E-state index contributed by atoms with van der Waals surface area (Å²) >= 11 is 12.2. The number of aliphatic hydroxyl groups is 1. The molecule has 1 N–H and O–H groups in total. The van der Waals surface area contributed by atoms with Crippen molar-refractivity contribution in [3.63, 3.8) is 0 Å². The highest BCUT2D eigenvalue weighted by molar-refractivity contribution is 6.34. The molecule has 0 radical (unpaired) electrons. The molecule has 32 heavy (non-hydrogen) atoms. The lowest BCUT2D eigenvalue weighted by Crippen LogP contribution is -2.54. The highest BCUT2D eigenvalue weighted by atomic mass is 35.5. The molecule has 0 bridgehead atoms. The number of para-hydroxylation sites is 1. The third-order valence-electron chi connectivity index (χ3n) is 6.26. The number of halogens is 2. The molecule has 2 saturated heterocycles. The molecule has 1 amide bonds. The molecule has 5 rings (SSSR count). The Morgan fingerprint density at radius 1 is 1.00 bits per heavy atom. The van der Waals surface area contributed by atoms with Gasteiger partial charge in [-0.05, 0) is 36.4 Å². The Hall–Kier alpha value is -2.45. The van der Waals surface area contributed by atoms with Crippen LogP contribution in [-0.2, 0) is 0 Å². The first-order valence-electron chi connectivity index (χ1n) is 10.6. The van der Waals surface area contributed by atoms with Crippen molar-refractivity contribution in [3.05, 3.63) is 64.3 Å². The minimum atomic E-state index is -0.503. The number of hydrogen-bond acceptors (Lipinski definition) is 6. The van der Waals surface area contributed by atoms with E-state index in [2.05, 4.69) is 19.8 Å². The van der Waals surface area contributed by atoms with Crippen LogP contribution in [0.5, 0.6) is 0 Å². The minimum absolute atomic E-state index is 0.0123. The van der Waals surface area contributed by atoms with Crippen LogP contribution in [0.3, 0.4) is 0 Å². The molecule has 2 aromatic carbocycles. The van der Waals surface area contributed by atoms with Crippen molar-refractivity contribution in [2.45, 2.75) is 12.1 Å². The number of nitrogens with zero attached hydrogens (tertiary/aromatic N) is 5. The molecule has 2 atom stereocenters. The molecule has 9 heteroatoms. The Morgan fingerprint density at radius 3 is 2.50 bits per heavy atom. The first-order chi connectivity index (χ1) is 15.5. The highest BCUT2D eigenvalue weighted by Crippen LogP contribution is 2.26. The Bertz CT molecular complexity index is 1130. The highest BCUT2D eigenvalue weighted by Gasteiger charge is 2.38. The largest absolute Gasteiger partial charge is 0.390 e. The number of carbonyl (C=O) groups is 1. The van der Waals surface area contributed by atoms with Gasteiger partial charge >= 0.3 is 0 Å². The zero-order valence-electron chi connectivity index (χ0n) is 17.4. The number of benzene rings is 2. The molecular weight excluding hydrogens is 449 g/mol. The number of aliphatic hydroxyl groups excluding tert-OH is 1. The molecule has 0 spiro atoms. The van der Waals surface area contributed by atoms with Gasteiger partial charge in [-0.15, -0.1) is 0 Å². The molecule has 1 aromatic heterocycles. The van der Waals surface area contributed by atoms with E-state index in [0.29, 0.717) is 66.2 Å². The fourth-order valence-corrected chi connectivity index (χ4v) is 4.83. The fourth-order valence-electron chi connectivity index (χ4n) is 4.49. The summed E-state index contributed by atoms with van der Waals surface area (Å²) in [6, 6.07) is 12.5. The summed E-state index contributed by atoms with van der Waals surface area (Å²) in [6.45, 7) is 3.80. The number of amides is 1. The second-order valence-corrected chi connectivity index (χ2v) is 9.05. The summed E-state index contributed by atoms with van der Waals surface area (Å²) in [5, 5.41) is 11.9. The predicted octanol–water partition coefficient (Wildman–Crippen LogP) is 2.94. The van der Waals surface area contributed by atoms with Gasteiger partial charge < -0.3 is 14.9 Å². The van der Waals surface area contributed by atoms with E-state index in [1.807, 2.05) is 17.0 Å². The number of hydrogen-bond donors (Lipinski definition) is 1. The maximum absolute atomic E-state index is 12.8. The number of anilines is 1. The molecule has 0 unspecified atom stereocenters. The first-order valence-corrected chi connectivity index (χ1v) is 11.4. The normalized spacial score (nSPS) is 22.0. The molecule has 7 nitrogen and oxygen atoms in total. The van der Waals surface area contributed by atoms with Gasteiger partial charge in [0.15, 0.2) is 0 Å². The SMILES string of the molecule is O=C(c1ccc(Cl)cc1)N1CCN([C@H]2CN(c3cnc4cccc(Cl)c4n3)C[C@@H]2O)CC1. The topological polar surface area (TPSA) is 72.8 Å². The van der Waals surface area contributed by atoms with E-state index in [4.69, 9.17) is 23.2 Å². The van der Waals surface area contributed by atoms with Gasteiger partial charge in [0.2, 0.25) is 0 Å². The van der Waals surface area contributed by atoms with Gasteiger partial charge in [0.25, 0.3) is 5.91 Å². The van der Waals surface area contributed by atoms with E-state index in [1.165, 1.54) is 0 Å². The summed E-state index contributed by atoms with van der Waals surface area (Å²) in [6.07, 6.45) is 1.23. The number of rotatable bonds is 3. The van der Waals surface area contributed by atoms with Gasteiger partial charge in [-0.1, -0.05) is 29.3 Å². The average molecular weight is 472 g/mol. The standard InChI is InChI=1S/C23H23Cl2N5O2/c24-16-6-4-15(5-7-16)23(32)29-10-8-28(9-11-29)19-13-30(14-20(19)31)21-12-26-18-3-1-2-17(25)22(18)27-21/h1-7,12,19-20,31H,8-11,13-14H2/t19-,20-/m0/s1. The van der Waals surface area contributed by atoms with Gasteiger partial charge in [0.1, 0.15) is 11.3 Å². The van der Waals surface area contributed by atoms with Crippen LogP contribution in [0.15, 0.2) is 48.7 Å². The summed E-state index contributed by atoms with van der Waals surface area (Å²) in [4.78, 5) is 28.1. The molecule has 166 valence electrons. The monoisotopic (exact) mass is 471 g/mol. The molecular formula is C23H23Cl2N5O2. The molecule has 3 aromatic rings. The molecule has 0 aliphatic carbocycles. The van der Waals surface area contributed by atoms with Gasteiger partial charge in [-0.3, -0.25) is 14.7 Å². The number of fused-ring (bicyclic) bond motifs is 1. The second-order valence-electron chi connectivity index (χ2n) is 8.21. The third kappa shape index (κ3) is 4.13. The smallest absolute Gasteiger partial charge is 0.253 e. The summed E-state index contributed by atoms with van der Waals surface area (Å²) < 4.78 is 0. The van der Waals surface area contributed by atoms with Crippen molar-refractivity contribution in [2.24, 2.45) is 0 Å². The van der Waals surface area contributed by atoms with Crippen molar-refractivity contribution in [2.75, 3.05) is 44.2 Å². The lowest BCUT2D eigenvalue weighted by Gasteiger charge is -2.38. The van der Waals surface area contributed by atoms with Crippen LogP contribution in [-0.4, -0.2) is 82.2 Å². The van der Waals surface area contributed by atoms with E-state index < -0.39 is 6.10 Å². The van der Waals surface area contributed by atoms with E-state index in [1.54, 1.807) is 36.5 Å². The Kier molecular flexibility index (Phi) is 5.90. The lowest BCUT2D eigenvalue weighted by atomic mass is 10.1. The zero-order valence-corrected chi connectivity index (χ0v) is 18.9. The molecule has 2 fully saturated rings. The van der Waals surface area contributed by atoms with Crippen LogP contribution in [0.4, 0.5) is 5.82 Å². The zero-order chi connectivity index (χ0) is 22.2. The van der Waals surface area contributed by atoms with E-state index in [9.17, 15) is 9.90 Å². The Balaban J connectivity index is 1.23. The minimum Gasteiger partial charge on any atom is -0.390 e. The average Bonchev–Trinajstić information content (AvgIpc) is 3.21. The van der Waals surface area contributed by atoms with Crippen molar-refractivity contribution in [1.29, 1.82) is 0 Å². The van der Waals surface area contributed by atoms with Crippen LogP contribution in [0.2, 0.25) is 10.0 Å². The van der Waals surface area contributed by atoms with Crippen molar-refractivity contribution >= 4 is 46.0 Å². The predicted molar refractivity (Wildman–Crippen MR) is 125 cm³/mol. The quantitative estimate of drug-likeness (QED) is 0.632. The number of β-amino-alcohol motifs (C(OH)–C–C–N with tert-alkyl or cyclic N) is 1. The van der Waals surface area contributed by atoms with Crippen molar-refractivity contribution < 1.29 is 9.90 Å². The summed E-state index contributed by atoms with van der Waals surface area (Å²) in [5.74, 6) is 0.724. The van der Waals surface area contributed by atoms with Crippen molar-refractivity contribution in [3.8, 4) is 0 Å². The fraction of sp³-hybridized carbons (Fsp3) is 0.348. The summed E-state index contributed by atoms with van der Waals surface area (Å²) in [7, 11) is 0. The van der Waals surface area contributed by atoms with Gasteiger partial charge in [0.05, 0.1) is 28.9 Å². The second kappa shape index (κ2) is 8.83. The van der Waals surface area contributed by atoms with Gasteiger partial charge in [0, 0.05) is 49.9 Å². The molecule has 3 heterocycles. The number of piperazine rings is 1. The van der Waals surface area contributed by atoms with E-state index in [-0.39, 0.29) is 11.9 Å². The van der Waals surface area contributed by atoms with E-state index in [0.717, 1.165) is 5.52 Å². The van der Waals surface area contributed by atoms with Crippen LogP contribution >= 0.6 is 23.2 Å². The number of aromatic nitrogens is 2. The Labute approximate surface area is 196 Å². The van der Waals surface area contributed by atoms with Crippen LogP contribution < -0.4 is 4.90 Å². The molecule has 2 aliphatic rings. The third-order valence-corrected chi connectivity index (χ3v) is 6.81. The summed E-state index contributed by atoms with van der Waals surface area (Å²) in [5.41, 5.74) is 2.06. The van der Waals surface area contributed by atoms with Crippen LogP contribution in [0.1, 0.15) is 10.4 Å². The maximum Gasteiger partial charge on any atom is 0.253 e. The maximum atomic E-state index is 12.8. The van der Waals surface area contributed by atoms with Crippen molar-refractivity contribution in [1.82, 2.24) is 19.8 Å². The Morgan fingerprint density at radius 2 is 1.75 bits per heavy atom. The van der Waals surface area contributed by atoms with E-state index >= 15 is 0 Å². The van der Waals surface area contributed by atoms with Crippen LogP contribution in [0, 0.1) is 0 Å². The lowest BCUT2D eigenvalue weighted by molar-refractivity contribution is 0.0376. The van der Waals surface area contributed by atoms with Gasteiger partial charge in [-0.25, -0.2) is 4.98 Å². The molecule has 2 aliphatic heterocycles.